The summed E-state index contributed by atoms with van der Waals surface area (Å²) in [4.78, 5) is 30.0. The van der Waals surface area contributed by atoms with Crippen LogP contribution in [-0.4, -0.2) is 29.6 Å². The third kappa shape index (κ3) is 2.88. The highest BCUT2D eigenvalue weighted by molar-refractivity contribution is 5.77. The lowest BCUT2D eigenvalue weighted by molar-refractivity contribution is -0.384. The first-order valence-electron chi connectivity index (χ1n) is 8.44. The van der Waals surface area contributed by atoms with E-state index in [-0.39, 0.29) is 23.6 Å². The van der Waals surface area contributed by atoms with Crippen LogP contribution in [0.1, 0.15) is 16.8 Å². The summed E-state index contributed by atoms with van der Waals surface area (Å²) in [5.41, 5.74) is 2.50. The third-order valence-electron chi connectivity index (χ3n) is 4.49. The molecule has 28 heavy (non-hydrogen) atoms. The van der Waals surface area contributed by atoms with Gasteiger partial charge in [0.2, 0.25) is 5.88 Å². The molecule has 9 heteroatoms. The normalized spacial score (nSPS) is 11.0. The van der Waals surface area contributed by atoms with E-state index in [1.807, 2.05) is 6.07 Å². The number of nitrogens with one attached hydrogen (secondary N) is 1. The fraction of sp³-hybridized carbons (Fsp3) is 0.105. The van der Waals surface area contributed by atoms with Crippen LogP contribution >= 0.6 is 0 Å². The number of aromatic hydroxyl groups is 1. The van der Waals surface area contributed by atoms with Gasteiger partial charge in [0.15, 0.2) is 0 Å². The van der Waals surface area contributed by atoms with Crippen LogP contribution in [0.15, 0.2) is 53.5 Å². The molecule has 2 N–H and O–H groups in total. The Balaban J connectivity index is 1.81. The average molecular weight is 377 g/mol. The van der Waals surface area contributed by atoms with Gasteiger partial charge in [-0.25, -0.2) is 0 Å². The van der Waals surface area contributed by atoms with Crippen LogP contribution in [-0.2, 0) is 6.42 Å². The van der Waals surface area contributed by atoms with Gasteiger partial charge in [0.25, 0.3) is 11.2 Å². The Kier molecular flexibility index (Phi) is 4.11. The molecule has 9 nitrogen and oxygen atoms in total. The molecule has 0 unspecified atom stereocenters. The number of rotatable bonds is 4. The number of pyridine rings is 1. The number of hydrogen-bond acceptors (Lipinski definition) is 6. The van der Waals surface area contributed by atoms with Gasteiger partial charge >= 0.3 is 0 Å². The maximum Gasteiger partial charge on any atom is 0.269 e. The van der Waals surface area contributed by atoms with E-state index in [9.17, 15) is 20.0 Å². The van der Waals surface area contributed by atoms with E-state index in [0.29, 0.717) is 28.2 Å². The minimum atomic E-state index is -0.494. The van der Waals surface area contributed by atoms with Crippen LogP contribution in [0.5, 0.6) is 5.88 Å². The number of nitro groups is 1. The first kappa shape index (κ1) is 17.4. The highest BCUT2D eigenvalue weighted by Crippen LogP contribution is 2.28. The Morgan fingerprint density at radius 3 is 2.61 bits per heavy atom. The molecule has 0 fully saturated rings. The minimum absolute atomic E-state index is 0.0416. The van der Waals surface area contributed by atoms with Gasteiger partial charge in [-0.15, -0.1) is 0 Å². The lowest BCUT2D eigenvalue weighted by Gasteiger charge is -2.06. The Labute approximate surface area is 158 Å². The molecule has 0 aliphatic carbocycles. The van der Waals surface area contributed by atoms with Crippen LogP contribution in [0.4, 0.5) is 5.69 Å². The van der Waals surface area contributed by atoms with Crippen LogP contribution < -0.4 is 5.56 Å². The highest BCUT2D eigenvalue weighted by atomic mass is 16.6. The Hall–Kier alpha value is -4.01. The Bertz CT molecular complexity index is 1240. The van der Waals surface area contributed by atoms with Gasteiger partial charge in [0.05, 0.1) is 27.4 Å². The zero-order chi connectivity index (χ0) is 19.8. The molecule has 0 bridgehead atoms. The summed E-state index contributed by atoms with van der Waals surface area (Å²) < 4.78 is 1.28. The van der Waals surface area contributed by atoms with Gasteiger partial charge in [-0.2, -0.15) is 9.61 Å². The number of benzene rings is 1. The number of aromatic nitrogens is 4. The Morgan fingerprint density at radius 1 is 1.21 bits per heavy atom. The summed E-state index contributed by atoms with van der Waals surface area (Å²) >= 11 is 0. The molecule has 3 aromatic heterocycles. The molecule has 0 saturated heterocycles. The third-order valence-corrected chi connectivity index (χ3v) is 4.49. The summed E-state index contributed by atoms with van der Waals surface area (Å²) in [5.74, 6) is -0.276. The maximum absolute atomic E-state index is 12.6. The summed E-state index contributed by atoms with van der Waals surface area (Å²) in [5, 5.41) is 25.8. The van der Waals surface area contributed by atoms with Crippen molar-refractivity contribution in [1.29, 1.82) is 0 Å². The van der Waals surface area contributed by atoms with Crippen molar-refractivity contribution in [2.45, 2.75) is 13.3 Å². The number of hydrogen-bond donors (Lipinski definition) is 2. The summed E-state index contributed by atoms with van der Waals surface area (Å²) in [6.45, 7) is 1.77. The molecule has 3 heterocycles. The lowest BCUT2D eigenvalue weighted by Crippen LogP contribution is -2.16. The summed E-state index contributed by atoms with van der Waals surface area (Å²) in [6, 6.07) is 11.2. The molecule has 4 rings (SSSR count). The van der Waals surface area contributed by atoms with Crippen LogP contribution in [0.25, 0.3) is 16.9 Å². The monoisotopic (exact) mass is 377 g/mol. The van der Waals surface area contributed by atoms with Crippen molar-refractivity contribution in [1.82, 2.24) is 19.6 Å². The van der Waals surface area contributed by atoms with E-state index in [0.717, 1.165) is 0 Å². The minimum Gasteiger partial charge on any atom is -0.493 e. The zero-order valence-corrected chi connectivity index (χ0v) is 14.8. The number of fused-ring (bicyclic) bond motifs is 1. The molecule has 140 valence electrons. The first-order valence-corrected chi connectivity index (χ1v) is 8.44. The smallest absolute Gasteiger partial charge is 0.269 e. The molecule has 0 radical (unpaired) electrons. The molecule has 0 saturated carbocycles. The quantitative estimate of drug-likeness (QED) is 0.416. The van der Waals surface area contributed by atoms with Crippen LogP contribution in [0, 0.1) is 17.0 Å². The SMILES string of the molecule is Cc1nn2c(O)c(Cc3ccc([N+](=O)[O-])cc3)c(=O)[nH]c2c1-c1ccccn1. The van der Waals surface area contributed by atoms with E-state index < -0.39 is 10.5 Å². The Morgan fingerprint density at radius 2 is 1.96 bits per heavy atom. The van der Waals surface area contributed by atoms with Crippen molar-refractivity contribution in [3.63, 3.8) is 0 Å². The van der Waals surface area contributed by atoms with Crippen molar-refractivity contribution in [2.75, 3.05) is 0 Å². The van der Waals surface area contributed by atoms with E-state index in [1.165, 1.54) is 16.6 Å². The molecule has 0 aliphatic rings. The van der Waals surface area contributed by atoms with Gasteiger partial charge in [0.1, 0.15) is 5.65 Å². The lowest BCUT2D eigenvalue weighted by atomic mass is 10.1. The van der Waals surface area contributed by atoms with Gasteiger partial charge < -0.3 is 10.1 Å². The van der Waals surface area contributed by atoms with Crippen molar-refractivity contribution < 1.29 is 10.0 Å². The van der Waals surface area contributed by atoms with Gasteiger partial charge in [-0.3, -0.25) is 19.9 Å². The van der Waals surface area contributed by atoms with E-state index in [4.69, 9.17) is 0 Å². The molecule has 0 atom stereocenters. The fourth-order valence-electron chi connectivity index (χ4n) is 3.12. The molecule has 1 aromatic carbocycles. The largest absolute Gasteiger partial charge is 0.493 e. The first-order chi connectivity index (χ1) is 13.5. The second-order valence-electron chi connectivity index (χ2n) is 6.29. The predicted octanol–water partition coefficient (Wildman–Crippen LogP) is 2.60. The molecule has 0 amide bonds. The summed E-state index contributed by atoms with van der Waals surface area (Å²) in [7, 11) is 0. The number of H-pyrrole nitrogens is 1. The summed E-state index contributed by atoms with van der Waals surface area (Å²) in [6.07, 6.45) is 1.74. The standard InChI is InChI=1S/C19H15N5O4/c1-11-16(15-4-2-3-9-20-15)17-21-18(25)14(19(26)23(17)22-11)10-12-5-7-13(8-6-12)24(27)28/h2-9,26H,10H2,1H3,(H,21,25). The number of nitrogens with zero attached hydrogens (tertiary/aromatic N) is 4. The van der Waals surface area contributed by atoms with Gasteiger partial charge in [-0.1, -0.05) is 18.2 Å². The van der Waals surface area contributed by atoms with Crippen molar-refractivity contribution in [2.24, 2.45) is 0 Å². The van der Waals surface area contributed by atoms with Crippen molar-refractivity contribution in [3.8, 4) is 17.1 Å². The molecular formula is C19H15N5O4. The maximum atomic E-state index is 12.6. The second-order valence-corrected chi connectivity index (χ2v) is 6.29. The number of aryl methyl sites for hydroxylation is 1. The van der Waals surface area contributed by atoms with Gasteiger partial charge in [-0.05, 0) is 24.6 Å². The molecule has 0 spiro atoms. The fourth-order valence-corrected chi connectivity index (χ4v) is 3.12. The van der Waals surface area contributed by atoms with E-state index >= 15 is 0 Å². The molecular weight excluding hydrogens is 362 g/mol. The van der Waals surface area contributed by atoms with E-state index in [2.05, 4.69) is 15.1 Å². The van der Waals surface area contributed by atoms with E-state index in [1.54, 1.807) is 37.4 Å². The number of aromatic amines is 1. The number of non-ortho nitro benzene ring substituents is 1. The average Bonchev–Trinajstić information content (AvgIpc) is 3.02. The highest BCUT2D eigenvalue weighted by Gasteiger charge is 2.20. The topological polar surface area (TPSA) is 126 Å². The molecule has 4 aromatic rings. The van der Waals surface area contributed by atoms with Crippen LogP contribution in [0.2, 0.25) is 0 Å². The van der Waals surface area contributed by atoms with Gasteiger partial charge in [0, 0.05) is 24.8 Å². The second kappa shape index (κ2) is 6.62. The molecule has 0 aliphatic heterocycles. The van der Waals surface area contributed by atoms with Crippen LogP contribution in [0.3, 0.4) is 0 Å². The number of nitro benzene ring substituents is 1. The predicted molar refractivity (Wildman–Crippen MR) is 101 cm³/mol. The zero-order valence-electron chi connectivity index (χ0n) is 14.8. The van der Waals surface area contributed by atoms with Crippen molar-refractivity contribution in [3.05, 3.63) is 86.0 Å². The van der Waals surface area contributed by atoms with Crippen molar-refractivity contribution >= 4 is 11.3 Å².